The molecule has 0 saturated heterocycles. The third kappa shape index (κ3) is 5.04. The number of alkyl halides is 3. The molecule has 0 spiro atoms. The fourth-order valence-electron chi connectivity index (χ4n) is 4.38. The largest absolute Gasteiger partial charge is 0.433 e. The fourth-order valence-corrected chi connectivity index (χ4v) is 4.60. The van der Waals surface area contributed by atoms with Gasteiger partial charge in [0, 0.05) is 22.2 Å². The average Bonchev–Trinajstić information content (AvgIpc) is 3.43. The topological polar surface area (TPSA) is 77.1 Å². The van der Waals surface area contributed by atoms with Gasteiger partial charge in [0.25, 0.3) is 5.91 Å². The number of amides is 1. The number of hydrogen-bond donors (Lipinski definition) is 1. The standard InChI is InChI=1S/C28H23ClF4N6O/c1-14-8-9-18(10-15(14)2)22-11-24(28(31,32)33)39-25(34-22)12-23(37-39)27(40)35-26-16(3)36-38(17(26)4)13-19-20(29)6-5-7-21(19)30/h5-12H,13H2,1-4H3,(H,35,40). The van der Waals surface area contributed by atoms with Crippen LogP contribution in [0.3, 0.4) is 0 Å². The third-order valence-corrected chi connectivity index (χ3v) is 7.10. The zero-order chi connectivity index (χ0) is 28.9. The molecular formula is C28H23ClF4N6O. The molecule has 2 aromatic carbocycles. The maximum Gasteiger partial charge on any atom is 0.433 e. The Kier molecular flexibility index (Phi) is 6.87. The third-order valence-electron chi connectivity index (χ3n) is 6.74. The number of benzene rings is 2. The van der Waals surface area contributed by atoms with Crippen molar-refractivity contribution in [2.24, 2.45) is 0 Å². The molecule has 0 aliphatic rings. The van der Waals surface area contributed by atoms with Crippen LogP contribution in [0.1, 0.15) is 44.3 Å². The van der Waals surface area contributed by atoms with Gasteiger partial charge in [-0.3, -0.25) is 9.48 Å². The van der Waals surface area contributed by atoms with E-state index in [9.17, 15) is 22.4 Å². The van der Waals surface area contributed by atoms with Gasteiger partial charge in [-0.15, -0.1) is 0 Å². The first-order chi connectivity index (χ1) is 18.8. The Morgan fingerprint density at radius 2 is 1.75 bits per heavy atom. The number of carbonyl (C=O) groups excluding carboxylic acids is 1. The van der Waals surface area contributed by atoms with Crippen LogP contribution in [-0.4, -0.2) is 30.3 Å². The van der Waals surface area contributed by atoms with Crippen LogP contribution in [-0.2, 0) is 12.7 Å². The Morgan fingerprint density at radius 3 is 2.42 bits per heavy atom. The molecule has 0 saturated carbocycles. The molecule has 40 heavy (non-hydrogen) atoms. The minimum absolute atomic E-state index is 0.0164. The zero-order valence-electron chi connectivity index (χ0n) is 21.9. The van der Waals surface area contributed by atoms with Gasteiger partial charge in [-0.1, -0.05) is 29.8 Å². The summed E-state index contributed by atoms with van der Waals surface area (Å²) in [6, 6.07) is 11.7. The molecule has 1 amide bonds. The second kappa shape index (κ2) is 10.1. The van der Waals surface area contributed by atoms with Gasteiger partial charge in [-0.2, -0.15) is 23.4 Å². The van der Waals surface area contributed by atoms with Crippen LogP contribution < -0.4 is 5.32 Å². The molecule has 0 unspecified atom stereocenters. The van der Waals surface area contributed by atoms with Crippen molar-refractivity contribution in [2.45, 2.75) is 40.4 Å². The summed E-state index contributed by atoms with van der Waals surface area (Å²) in [5.41, 5.74) is 2.55. The van der Waals surface area contributed by atoms with Crippen LogP contribution in [0.2, 0.25) is 5.02 Å². The number of rotatable bonds is 5. The van der Waals surface area contributed by atoms with E-state index >= 15 is 0 Å². The summed E-state index contributed by atoms with van der Waals surface area (Å²) in [6.07, 6.45) is -4.75. The van der Waals surface area contributed by atoms with Gasteiger partial charge >= 0.3 is 6.18 Å². The lowest BCUT2D eigenvalue weighted by atomic mass is 10.0. The van der Waals surface area contributed by atoms with E-state index in [0.29, 0.717) is 27.2 Å². The summed E-state index contributed by atoms with van der Waals surface area (Å²) in [4.78, 5) is 17.5. The number of anilines is 1. The van der Waals surface area contributed by atoms with Crippen molar-refractivity contribution in [3.63, 3.8) is 0 Å². The first-order valence-corrected chi connectivity index (χ1v) is 12.5. The first-order valence-electron chi connectivity index (χ1n) is 12.2. The molecule has 0 aliphatic heterocycles. The summed E-state index contributed by atoms with van der Waals surface area (Å²) in [7, 11) is 0. The summed E-state index contributed by atoms with van der Waals surface area (Å²) in [6.45, 7) is 7.10. The highest BCUT2D eigenvalue weighted by atomic mass is 35.5. The molecule has 0 aliphatic carbocycles. The van der Waals surface area contributed by atoms with Crippen molar-refractivity contribution >= 4 is 28.8 Å². The smallest absolute Gasteiger partial charge is 0.317 e. The van der Waals surface area contributed by atoms with Crippen molar-refractivity contribution in [3.8, 4) is 11.3 Å². The van der Waals surface area contributed by atoms with Crippen molar-refractivity contribution in [1.82, 2.24) is 24.4 Å². The summed E-state index contributed by atoms with van der Waals surface area (Å²) in [5, 5.41) is 11.2. The van der Waals surface area contributed by atoms with Crippen LogP contribution in [0.5, 0.6) is 0 Å². The van der Waals surface area contributed by atoms with E-state index in [1.807, 2.05) is 19.9 Å². The van der Waals surface area contributed by atoms with Gasteiger partial charge in [0.05, 0.1) is 29.3 Å². The summed E-state index contributed by atoms with van der Waals surface area (Å²) < 4.78 is 58.5. The van der Waals surface area contributed by atoms with E-state index in [1.165, 1.54) is 22.9 Å². The Balaban J connectivity index is 1.50. The van der Waals surface area contributed by atoms with E-state index in [4.69, 9.17) is 11.6 Å². The Hall–Kier alpha value is -4.25. The highest BCUT2D eigenvalue weighted by Gasteiger charge is 2.36. The van der Waals surface area contributed by atoms with E-state index in [-0.39, 0.29) is 34.2 Å². The molecule has 12 heteroatoms. The van der Waals surface area contributed by atoms with Crippen LogP contribution in [0, 0.1) is 33.5 Å². The Bertz CT molecular complexity index is 1770. The van der Waals surface area contributed by atoms with Crippen LogP contribution in [0.15, 0.2) is 48.5 Å². The number of carbonyl (C=O) groups is 1. The van der Waals surface area contributed by atoms with E-state index < -0.39 is 23.6 Å². The lowest BCUT2D eigenvalue weighted by Crippen LogP contribution is -2.16. The maximum absolute atomic E-state index is 14.3. The van der Waals surface area contributed by atoms with Gasteiger partial charge in [0.2, 0.25) is 0 Å². The van der Waals surface area contributed by atoms with E-state index in [2.05, 4.69) is 20.5 Å². The summed E-state index contributed by atoms with van der Waals surface area (Å²) in [5.74, 6) is -1.25. The zero-order valence-corrected chi connectivity index (χ0v) is 22.6. The number of nitrogens with zero attached hydrogens (tertiary/aromatic N) is 5. The minimum Gasteiger partial charge on any atom is -0.317 e. The molecule has 3 aromatic heterocycles. The predicted molar refractivity (Wildman–Crippen MR) is 143 cm³/mol. The molecule has 3 heterocycles. The molecule has 1 N–H and O–H groups in total. The van der Waals surface area contributed by atoms with Crippen LogP contribution in [0.25, 0.3) is 16.9 Å². The quantitative estimate of drug-likeness (QED) is 0.232. The summed E-state index contributed by atoms with van der Waals surface area (Å²) >= 11 is 6.14. The van der Waals surface area contributed by atoms with Crippen LogP contribution >= 0.6 is 11.6 Å². The van der Waals surface area contributed by atoms with Crippen molar-refractivity contribution < 1.29 is 22.4 Å². The maximum atomic E-state index is 14.3. The number of halogens is 5. The molecule has 0 bridgehead atoms. The van der Waals surface area contributed by atoms with Gasteiger partial charge in [-0.05, 0) is 63.1 Å². The van der Waals surface area contributed by atoms with Gasteiger partial charge in [-0.25, -0.2) is 13.9 Å². The number of nitrogens with one attached hydrogen (secondary N) is 1. The number of aromatic nitrogens is 5. The Labute approximate surface area is 231 Å². The lowest BCUT2D eigenvalue weighted by molar-refractivity contribution is -0.142. The molecule has 7 nitrogen and oxygen atoms in total. The van der Waals surface area contributed by atoms with Gasteiger partial charge < -0.3 is 5.32 Å². The van der Waals surface area contributed by atoms with Crippen LogP contribution in [0.4, 0.5) is 23.2 Å². The van der Waals surface area contributed by atoms with Crippen molar-refractivity contribution in [3.05, 3.63) is 98.8 Å². The Morgan fingerprint density at radius 1 is 1.00 bits per heavy atom. The predicted octanol–water partition coefficient (Wildman–Crippen LogP) is 6.94. The first kappa shape index (κ1) is 27.3. The molecular weight excluding hydrogens is 548 g/mol. The van der Waals surface area contributed by atoms with E-state index in [0.717, 1.165) is 17.2 Å². The van der Waals surface area contributed by atoms with Gasteiger partial charge in [0.15, 0.2) is 17.0 Å². The SMILES string of the molecule is Cc1ccc(-c2cc(C(F)(F)F)n3nc(C(=O)Nc4c(C)nn(Cc5c(F)cccc5Cl)c4C)cc3n2)cc1C. The lowest BCUT2D eigenvalue weighted by Gasteiger charge is -2.11. The van der Waals surface area contributed by atoms with Crippen molar-refractivity contribution in [2.75, 3.05) is 5.32 Å². The minimum atomic E-state index is -4.75. The molecule has 5 rings (SSSR count). The van der Waals surface area contributed by atoms with E-state index in [1.54, 1.807) is 32.0 Å². The second-order valence-electron chi connectivity index (χ2n) is 9.48. The highest BCUT2D eigenvalue weighted by Crippen LogP contribution is 2.33. The number of aryl methyl sites for hydroxylation is 3. The monoisotopic (exact) mass is 570 g/mol. The normalized spacial score (nSPS) is 11.8. The molecule has 0 fully saturated rings. The van der Waals surface area contributed by atoms with Gasteiger partial charge in [0.1, 0.15) is 5.82 Å². The molecule has 5 aromatic rings. The average molecular weight is 571 g/mol. The molecule has 0 atom stereocenters. The fraction of sp³-hybridized carbons (Fsp3) is 0.214. The molecule has 0 radical (unpaired) electrons. The number of hydrogen-bond acceptors (Lipinski definition) is 4. The second-order valence-corrected chi connectivity index (χ2v) is 9.89. The molecule has 206 valence electrons. The van der Waals surface area contributed by atoms with Crippen molar-refractivity contribution in [1.29, 1.82) is 0 Å². The number of fused-ring (bicyclic) bond motifs is 1. The highest BCUT2D eigenvalue weighted by molar-refractivity contribution is 6.31.